The van der Waals surface area contributed by atoms with Gasteiger partial charge in [-0.1, -0.05) is 27.7 Å². The molecule has 2 heterocycles. The van der Waals surface area contributed by atoms with E-state index in [0.717, 1.165) is 16.7 Å². The Kier molecular flexibility index (Phi) is 5.66. The van der Waals surface area contributed by atoms with Gasteiger partial charge in [0, 0.05) is 12.7 Å². The Bertz CT molecular complexity index is 623. The molecule has 0 saturated carbocycles. The maximum absolute atomic E-state index is 9.21. The van der Waals surface area contributed by atoms with Crippen molar-refractivity contribution in [2.45, 2.75) is 47.1 Å². The molecule has 0 bridgehead atoms. The topological polar surface area (TPSA) is 74.7 Å². The van der Waals surface area contributed by atoms with Crippen LogP contribution in [0.3, 0.4) is 0 Å². The summed E-state index contributed by atoms with van der Waals surface area (Å²) >= 11 is 0. The molecule has 5 heteroatoms. The average Bonchev–Trinajstić information content (AvgIpc) is 2.78. The summed E-state index contributed by atoms with van der Waals surface area (Å²) in [5.41, 5.74) is 2.20. The molecule has 20 heavy (non-hydrogen) atoms. The van der Waals surface area contributed by atoms with Gasteiger partial charge in [-0.05, 0) is 12.8 Å². The van der Waals surface area contributed by atoms with E-state index in [4.69, 9.17) is 5.11 Å². The number of nitriles is 1. The van der Waals surface area contributed by atoms with Gasteiger partial charge in [0.2, 0.25) is 0 Å². The van der Waals surface area contributed by atoms with Crippen LogP contribution >= 0.6 is 0 Å². The van der Waals surface area contributed by atoms with Gasteiger partial charge in [-0.2, -0.15) is 5.26 Å². The van der Waals surface area contributed by atoms with Crippen molar-refractivity contribution in [2.24, 2.45) is 0 Å². The van der Waals surface area contributed by atoms with Crippen LogP contribution in [0.5, 0.6) is 0 Å². The molecule has 108 valence electrons. The number of hydrogen-bond donors (Lipinski definition) is 1. The molecule has 1 N–H and O–H groups in total. The van der Waals surface area contributed by atoms with Crippen molar-refractivity contribution in [3.63, 3.8) is 0 Å². The zero-order chi connectivity index (χ0) is 15.3. The minimum absolute atomic E-state index is 0.0225. The van der Waals surface area contributed by atoms with Gasteiger partial charge in [-0.15, -0.1) is 0 Å². The molecule has 0 aromatic carbocycles. The first-order chi connectivity index (χ1) is 9.58. The van der Waals surface area contributed by atoms with E-state index in [2.05, 4.69) is 16.0 Å². The van der Waals surface area contributed by atoms with Gasteiger partial charge in [-0.3, -0.25) is 0 Å². The van der Waals surface area contributed by atoms with Crippen molar-refractivity contribution < 1.29 is 5.11 Å². The quantitative estimate of drug-likeness (QED) is 0.933. The first-order valence-electron chi connectivity index (χ1n) is 6.96. The van der Waals surface area contributed by atoms with Gasteiger partial charge in [0.25, 0.3) is 0 Å². The molecule has 2 aromatic heterocycles. The summed E-state index contributed by atoms with van der Waals surface area (Å²) in [5, 5.41) is 19.1. The number of hydrogen-bond acceptors (Lipinski definition) is 4. The smallest absolute Gasteiger partial charge is 0.145 e. The highest BCUT2D eigenvalue weighted by atomic mass is 16.3. The second-order valence-corrected chi connectivity index (χ2v) is 4.58. The molecule has 2 aromatic rings. The average molecular weight is 274 g/mol. The first-order valence-corrected chi connectivity index (χ1v) is 6.96. The standard InChI is InChI=1S/C13H16N4O.C2H6/c1-8(2)12-11-10(6-14)7-17(4-5-18)13(11)16-9(3)15-12;1-2/h7-8,18H,4-5H2,1-3H3;1-2H3. The van der Waals surface area contributed by atoms with Gasteiger partial charge in [0.05, 0.1) is 23.3 Å². The lowest BCUT2D eigenvalue weighted by molar-refractivity contribution is 0.278. The summed E-state index contributed by atoms with van der Waals surface area (Å²) in [4.78, 5) is 8.84. The molecule has 0 saturated heterocycles. The van der Waals surface area contributed by atoms with Gasteiger partial charge in [0.15, 0.2) is 0 Å². The summed E-state index contributed by atoms with van der Waals surface area (Å²) in [7, 11) is 0. The van der Waals surface area contributed by atoms with Crippen LogP contribution < -0.4 is 0 Å². The number of aryl methyl sites for hydroxylation is 1. The highest BCUT2D eigenvalue weighted by molar-refractivity contribution is 5.86. The Labute approximate surface area is 119 Å². The number of rotatable bonds is 3. The summed E-state index contributed by atoms with van der Waals surface area (Å²) < 4.78 is 1.81. The Morgan fingerprint density at radius 2 is 2.00 bits per heavy atom. The molecule has 0 aliphatic heterocycles. The molecular formula is C15H22N4O. The van der Waals surface area contributed by atoms with Crippen molar-refractivity contribution in [1.82, 2.24) is 14.5 Å². The van der Waals surface area contributed by atoms with Crippen LogP contribution in [-0.2, 0) is 6.54 Å². The minimum atomic E-state index is 0.0225. The maximum Gasteiger partial charge on any atom is 0.145 e. The molecule has 0 radical (unpaired) electrons. The number of fused-ring (bicyclic) bond motifs is 1. The number of aliphatic hydroxyl groups excluding tert-OH is 1. The predicted molar refractivity (Wildman–Crippen MR) is 79.5 cm³/mol. The first kappa shape index (κ1) is 16.1. The fourth-order valence-electron chi connectivity index (χ4n) is 2.11. The molecule has 5 nitrogen and oxygen atoms in total. The third-order valence-corrected chi connectivity index (χ3v) is 2.86. The summed E-state index contributed by atoms with van der Waals surface area (Å²) in [5.74, 6) is 0.916. The molecular weight excluding hydrogens is 252 g/mol. The van der Waals surface area contributed by atoms with E-state index in [1.54, 1.807) is 6.20 Å². The van der Waals surface area contributed by atoms with E-state index in [1.165, 1.54) is 0 Å². The number of aromatic nitrogens is 3. The van der Waals surface area contributed by atoms with Crippen LogP contribution in [0.15, 0.2) is 6.20 Å². The van der Waals surface area contributed by atoms with Crippen molar-refractivity contribution >= 4 is 11.0 Å². The predicted octanol–water partition coefficient (Wildman–Crippen LogP) is 2.75. The molecule has 0 unspecified atom stereocenters. The van der Waals surface area contributed by atoms with E-state index in [0.29, 0.717) is 17.9 Å². The van der Waals surface area contributed by atoms with Crippen molar-refractivity contribution in [3.8, 4) is 6.07 Å². The summed E-state index contributed by atoms with van der Waals surface area (Å²) in [6, 6.07) is 2.18. The van der Waals surface area contributed by atoms with Crippen LogP contribution in [0.2, 0.25) is 0 Å². The lowest BCUT2D eigenvalue weighted by atomic mass is 10.0. The third kappa shape index (κ3) is 2.97. The number of nitrogens with zero attached hydrogens (tertiary/aromatic N) is 4. The normalized spacial score (nSPS) is 10.3. The van der Waals surface area contributed by atoms with E-state index < -0.39 is 0 Å². The molecule has 0 atom stereocenters. The molecule has 0 fully saturated rings. The second kappa shape index (κ2) is 7.01. The van der Waals surface area contributed by atoms with Gasteiger partial charge < -0.3 is 9.67 Å². The lowest BCUT2D eigenvalue weighted by Crippen LogP contribution is -2.04. The molecule has 0 aliphatic carbocycles. The SMILES string of the molecule is CC.Cc1nc(C(C)C)c2c(C#N)cn(CCO)c2n1. The molecule has 0 aliphatic rings. The fourth-order valence-corrected chi connectivity index (χ4v) is 2.11. The van der Waals surface area contributed by atoms with E-state index in [1.807, 2.05) is 39.2 Å². The summed E-state index contributed by atoms with van der Waals surface area (Å²) in [6.45, 7) is 10.4. The third-order valence-electron chi connectivity index (χ3n) is 2.86. The highest BCUT2D eigenvalue weighted by Gasteiger charge is 2.17. The Morgan fingerprint density at radius 3 is 2.50 bits per heavy atom. The Morgan fingerprint density at radius 1 is 1.35 bits per heavy atom. The highest BCUT2D eigenvalue weighted by Crippen LogP contribution is 2.27. The van der Waals surface area contributed by atoms with Crippen molar-refractivity contribution in [2.75, 3.05) is 6.61 Å². The van der Waals surface area contributed by atoms with E-state index in [9.17, 15) is 5.26 Å². The minimum Gasteiger partial charge on any atom is -0.395 e. The van der Waals surface area contributed by atoms with Crippen LogP contribution in [0.4, 0.5) is 0 Å². The molecule has 0 spiro atoms. The largest absolute Gasteiger partial charge is 0.395 e. The zero-order valence-electron chi connectivity index (χ0n) is 12.8. The van der Waals surface area contributed by atoms with E-state index in [-0.39, 0.29) is 12.5 Å². The van der Waals surface area contributed by atoms with Gasteiger partial charge in [-0.25, -0.2) is 9.97 Å². The maximum atomic E-state index is 9.21. The van der Waals surface area contributed by atoms with Crippen molar-refractivity contribution in [1.29, 1.82) is 5.26 Å². The van der Waals surface area contributed by atoms with Crippen LogP contribution in [0.1, 0.15) is 50.7 Å². The monoisotopic (exact) mass is 274 g/mol. The summed E-state index contributed by atoms with van der Waals surface area (Å²) in [6.07, 6.45) is 1.74. The van der Waals surface area contributed by atoms with Gasteiger partial charge >= 0.3 is 0 Å². The van der Waals surface area contributed by atoms with Crippen LogP contribution in [0, 0.1) is 18.3 Å². The van der Waals surface area contributed by atoms with Crippen molar-refractivity contribution in [3.05, 3.63) is 23.3 Å². The Balaban J connectivity index is 0.000000956. The van der Waals surface area contributed by atoms with Crippen LogP contribution in [0.25, 0.3) is 11.0 Å². The van der Waals surface area contributed by atoms with Crippen LogP contribution in [-0.4, -0.2) is 26.2 Å². The number of aliphatic hydroxyl groups is 1. The molecule has 2 rings (SSSR count). The molecule has 0 amide bonds. The zero-order valence-corrected chi connectivity index (χ0v) is 12.8. The second-order valence-electron chi connectivity index (χ2n) is 4.58. The fraction of sp³-hybridized carbons (Fsp3) is 0.533. The van der Waals surface area contributed by atoms with E-state index >= 15 is 0 Å². The Hall–Kier alpha value is -1.93. The lowest BCUT2D eigenvalue weighted by Gasteiger charge is -2.08. The van der Waals surface area contributed by atoms with Gasteiger partial charge in [0.1, 0.15) is 17.5 Å².